The van der Waals surface area contributed by atoms with E-state index in [0.29, 0.717) is 16.0 Å². The van der Waals surface area contributed by atoms with Gasteiger partial charge in [-0.3, -0.25) is 4.79 Å². The van der Waals surface area contributed by atoms with E-state index >= 15 is 0 Å². The normalized spacial score (nSPS) is 23.8. The molecule has 0 spiro atoms. The lowest BCUT2D eigenvalue weighted by molar-refractivity contribution is -0.160. The number of halogens is 2. The molecule has 0 aromatic heterocycles. The van der Waals surface area contributed by atoms with Crippen molar-refractivity contribution in [2.24, 2.45) is 5.92 Å². The molecule has 0 radical (unpaired) electrons. The molecule has 1 saturated heterocycles. The van der Waals surface area contributed by atoms with E-state index in [4.69, 9.17) is 27.9 Å². The van der Waals surface area contributed by atoms with Crippen LogP contribution < -0.4 is 0 Å². The van der Waals surface area contributed by atoms with Crippen LogP contribution in [0.4, 0.5) is 0 Å². The number of amides is 1. The minimum absolute atomic E-state index is 0.0591. The van der Waals surface area contributed by atoms with Crippen molar-refractivity contribution in [3.05, 3.63) is 69.7 Å². The second-order valence-corrected chi connectivity index (χ2v) is 8.71. The van der Waals surface area contributed by atoms with E-state index in [1.807, 2.05) is 53.4 Å². The summed E-state index contributed by atoms with van der Waals surface area (Å²) in [5.74, 6) is 0.620. The number of ether oxygens (including phenoxy) is 1. The molecule has 3 nitrogen and oxygen atoms in total. The average molecular weight is 418 g/mol. The van der Waals surface area contributed by atoms with Crippen molar-refractivity contribution >= 4 is 29.1 Å². The Morgan fingerprint density at radius 2 is 1.68 bits per heavy atom. The number of nitrogens with zero attached hydrogens (tertiary/aromatic N) is 1. The Balaban J connectivity index is 1.70. The molecular weight excluding hydrogens is 393 g/mol. The molecule has 28 heavy (non-hydrogen) atoms. The summed E-state index contributed by atoms with van der Waals surface area (Å²) in [6.45, 7) is 0.889. The zero-order chi connectivity index (χ0) is 19.5. The molecule has 2 fully saturated rings. The Kier molecular flexibility index (Phi) is 6.25. The molecule has 148 valence electrons. The van der Waals surface area contributed by atoms with E-state index in [9.17, 15) is 4.79 Å². The molecule has 0 bridgehead atoms. The number of hydrogen-bond acceptors (Lipinski definition) is 2. The summed E-state index contributed by atoms with van der Waals surface area (Å²) in [5.41, 5.74) is 2.03. The molecular formula is C23H25Cl2NO2. The molecule has 1 amide bonds. The fourth-order valence-electron chi connectivity index (χ4n) is 4.49. The average Bonchev–Trinajstić information content (AvgIpc) is 2.71. The van der Waals surface area contributed by atoms with Gasteiger partial charge < -0.3 is 9.64 Å². The molecule has 5 heteroatoms. The minimum atomic E-state index is -0.249. The summed E-state index contributed by atoms with van der Waals surface area (Å²) >= 11 is 12.4. The predicted molar refractivity (Wildman–Crippen MR) is 113 cm³/mol. The van der Waals surface area contributed by atoms with Gasteiger partial charge in [0.1, 0.15) is 12.7 Å². The highest BCUT2D eigenvalue weighted by Gasteiger charge is 2.39. The maximum atomic E-state index is 12.9. The van der Waals surface area contributed by atoms with Crippen molar-refractivity contribution in [3.8, 4) is 0 Å². The quantitative estimate of drug-likeness (QED) is 0.590. The maximum absolute atomic E-state index is 12.9. The highest BCUT2D eigenvalue weighted by molar-refractivity contribution is 6.30. The highest BCUT2D eigenvalue weighted by atomic mass is 35.5. The van der Waals surface area contributed by atoms with Gasteiger partial charge >= 0.3 is 0 Å². The molecule has 1 saturated carbocycles. The van der Waals surface area contributed by atoms with E-state index in [1.165, 1.54) is 32.1 Å². The number of benzene rings is 2. The fraction of sp³-hybridized carbons (Fsp3) is 0.435. The lowest BCUT2D eigenvalue weighted by Gasteiger charge is -2.43. The third-order valence-corrected chi connectivity index (χ3v) is 6.38. The first-order valence-electron chi connectivity index (χ1n) is 10.0. The van der Waals surface area contributed by atoms with Gasteiger partial charge in [-0.1, -0.05) is 66.7 Å². The lowest BCUT2D eigenvalue weighted by atomic mass is 9.86. The third-order valence-electron chi connectivity index (χ3n) is 5.90. The molecule has 2 aromatic carbocycles. The van der Waals surface area contributed by atoms with Crippen molar-refractivity contribution in [1.82, 2.24) is 4.90 Å². The highest BCUT2D eigenvalue weighted by Crippen LogP contribution is 2.42. The summed E-state index contributed by atoms with van der Waals surface area (Å²) in [4.78, 5) is 14.9. The van der Waals surface area contributed by atoms with Crippen molar-refractivity contribution in [3.63, 3.8) is 0 Å². The molecule has 2 unspecified atom stereocenters. The first-order chi connectivity index (χ1) is 13.6. The smallest absolute Gasteiger partial charge is 0.249 e. The van der Waals surface area contributed by atoms with Gasteiger partial charge in [-0.2, -0.15) is 0 Å². The van der Waals surface area contributed by atoms with Gasteiger partial charge in [0.15, 0.2) is 0 Å². The van der Waals surface area contributed by atoms with Gasteiger partial charge in [-0.25, -0.2) is 0 Å². The van der Waals surface area contributed by atoms with Gasteiger partial charge in [0, 0.05) is 16.6 Å². The lowest BCUT2D eigenvalue weighted by Crippen LogP contribution is -2.47. The predicted octanol–water partition coefficient (Wildman–Crippen LogP) is 6.21. The summed E-state index contributed by atoms with van der Waals surface area (Å²) in [6, 6.07) is 15.3. The van der Waals surface area contributed by atoms with Gasteiger partial charge in [-0.05, 0) is 54.2 Å². The second kappa shape index (κ2) is 8.86. The Hall–Kier alpha value is -1.55. The first-order valence-corrected chi connectivity index (χ1v) is 10.8. The zero-order valence-electron chi connectivity index (χ0n) is 15.8. The third kappa shape index (κ3) is 4.37. The molecule has 2 aromatic rings. The largest absolute Gasteiger partial charge is 0.361 e. The van der Waals surface area contributed by atoms with Crippen LogP contribution in [0.3, 0.4) is 0 Å². The van der Waals surface area contributed by atoms with Crippen LogP contribution in [-0.2, 0) is 9.53 Å². The van der Waals surface area contributed by atoms with Crippen LogP contribution in [0.5, 0.6) is 0 Å². The Morgan fingerprint density at radius 3 is 2.39 bits per heavy atom. The monoisotopic (exact) mass is 417 g/mol. The number of morpholine rings is 1. The summed E-state index contributed by atoms with van der Waals surface area (Å²) in [7, 11) is 0. The van der Waals surface area contributed by atoms with Gasteiger partial charge in [0.25, 0.3) is 0 Å². The van der Waals surface area contributed by atoms with Gasteiger partial charge in [-0.15, -0.1) is 0 Å². The summed E-state index contributed by atoms with van der Waals surface area (Å²) in [5, 5.41) is 1.36. The van der Waals surface area contributed by atoms with Crippen LogP contribution in [0.2, 0.25) is 10.0 Å². The standard InChI is InChI=1S/C23H25Cl2NO2/c24-19-11-9-17(10-12-19)22-23(18-7-4-8-20(25)13-18)28-15-21(27)26(22)14-16-5-2-1-3-6-16/h4,7-13,16,22-23H,1-3,5-6,14-15H2. The van der Waals surface area contributed by atoms with E-state index in [-0.39, 0.29) is 24.7 Å². The van der Waals surface area contributed by atoms with Crippen molar-refractivity contribution in [2.45, 2.75) is 44.2 Å². The summed E-state index contributed by atoms with van der Waals surface area (Å²) < 4.78 is 6.07. The van der Waals surface area contributed by atoms with Crippen LogP contribution in [0.25, 0.3) is 0 Å². The van der Waals surface area contributed by atoms with Crippen LogP contribution >= 0.6 is 23.2 Å². The number of carbonyl (C=O) groups is 1. The van der Waals surface area contributed by atoms with E-state index in [2.05, 4.69) is 0 Å². The van der Waals surface area contributed by atoms with Gasteiger partial charge in [0.2, 0.25) is 5.91 Å². The van der Waals surface area contributed by atoms with Crippen LogP contribution in [0, 0.1) is 5.92 Å². The van der Waals surface area contributed by atoms with E-state index in [1.54, 1.807) is 0 Å². The van der Waals surface area contributed by atoms with E-state index in [0.717, 1.165) is 17.7 Å². The summed E-state index contributed by atoms with van der Waals surface area (Å²) in [6.07, 6.45) is 5.96. The van der Waals surface area contributed by atoms with Gasteiger partial charge in [0.05, 0.1) is 6.04 Å². The maximum Gasteiger partial charge on any atom is 0.249 e. The number of hydrogen-bond donors (Lipinski definition) is 0. The first kappa shape index (κ1) is 19.8. The van der Waals surface area contributed by atoms with Crippen molar-refractivity contribution in [2.75, 3.05) is 13.2 Å². The molecule has 4 rings (SSSR count). The number of carbonyl (C=O) groups excluding carboxylic acids is 1. The van der Waals surface area contributed by atoms with Crippen LogP contribution in [0.1, 0.15) is 55.4 Å². The zero-order valence-corrected chi connectivity index (χ0v) is 17.3. The number of rotatable bonds is 4. The molecule has 0 N–H and O–H groups in total. The minimum Gasteiger partial charge on any atom is -0.361 e. The molecule has 1 aliphatic carbocycles. The molecule has 1 heterocycles. The Morgan fingerprint density at radius 1 is 0.929 bits per heavy atom. The topological polar surface area (TPSA) is 29.5 Å². The Bertz CT molecular complexity index is 818. The van der Waals surface area contributed by atoms with E-state index < -0.39 is 0 Å². The van der Waals surface area contributed by atoms with Crippen LogP contribution in [-0.4, -0.2) is 24.0 Å². The SMILES string of the molecule is O=C1COC(c2cccc(Cl)c2)C(c2ccc(Cl)cc2)N1CC1CCCCC1. The van der Waals surface area contributed by atoms with Crippen molar-refractivity contribution in [1.29, 1.82) is 0 Å². The van der Waals surface area contributed by atoms with Crippen LogP contribution in [0.15, 0.2) is 48.5 Å². The molecule has 1 aliphatic heterocycles. The van der Waals surface area contributed by atoms with Crippen molar-refractivity contribution < 1.29 is 9.53 Å². The molecule has 2 atom stereocenters. The fourth-order valence-corrected chi connectivity index (χ4v) is 4.82. The molecule has 2 aliphatic rings. The Labute approximate surface area is 176 Å². The second-order valence-electron chi connectivity index (χ2n) is 7.83.